The van der Waals surface area contributed by atoms with Gasteiger partial charge in [-0.1, -0.05) is 84.9 Å². The van der Waals surface area contributed by atoms with Crippen LogP contribution in [0.2, 0.25) is 0 Å². The quantitative estimate of drug-likeness (QED) is 0.0178. The average molecular weight is 1370 g/mol. The highest BCUT2D eigenvalue weighted by Crippen LogP contribution is 2.32. The third kappa shape index (κ3) is 48.0. The summed E-state index contributed by atoms with van der Waals surface area (Å²) in [6, 6.07) is 65.6. The van der Waals surface area contributed by atoms with E-state index in [1.165, 1.54) is 22.8 Å². The molecule has 100 heavy (non-hydrogen) atoms. The van der Waals surface area contributed by atoms with Crippen LogP contribution in [0.4, 0.5) is 45.5 Å². The predicted octanol–water partition coefficient (Wildman–Crippen LogP) is 10.9. The first kappa shape index (κ1) is 90.3. The molecule has 0 unspecified atom stereocenters. The maximum Gasteiger partial charge on any atom is 0.231 e. The fraction of sp³-hybridized carbons (Fsp3) is 0.237. The van der Waals surface area contributed by atoms with Crippen LogP contribution >= 0.6 is 0 Å². The predicted molar refractivity (Wildman–Crippen MR) is 407 cm³/mol. The van der Waals surface area contributed by atoms with Gasteiger partial charge < -0.3 is 108 Å². The van der Waals surface area contributed by atoms with Gasteiger partial charge in [0, 0.05) is 94.4 Å². The number of nitrogen functional groups attached to an aromatic ring is 7. The number of nitrogens with zero attached hydrogens (tertiary/aromatic N) is 4. The van der Waals surface area contributed by atoms with Crippen molar-refractivity contribution in [1.29, 1.82) is 15.8 Å². The van der Waals surface area contributed by atoms with Crippen LogP contribution in [-0.4, -0.2) is 82.9 Å². The second kappa shape index (κ2) is 59.7. The van der Waals surface area contributed by atoms with E-state index in [-0.39, 0.29) is 17.2 Å². The standard InChI is InChI=1S/C9H13N.C8H8N2.C8H9NO2.3C7H6N2.3C6H7NO.C5H13NO.C4H11NO.C3H9NO/c1-7-3-4-9(6-10)5-8(7)2;9-6-5-7-1-3-8(10)4-2-7;9-4-6-1-2-7-8(3-6)11-5-10-7;1-9-7-4-2-6(8)3-5-7;8-5-6-2-1-3-7(9)4-6;8-5-6-3-1-2-4-7(6)9;7-5-1-3-6(8)4-2-5;7-5-2-1-3-6(8)4-5;7-5-3-1-2-4-6(5)8;1-7-5-3-2-4-6;1-6-4-2-3-5;1-5-3-2-4/h3-5H,6,10H2,1-2H3;1-4H,5,10H2;1-3H,4-5,9H2;2-5H,8H2;2*1-4H,9H2;3*1-4,8H,7H2;2-6H2,1H3;2-5H2,1H3;2-4H2,1H3. The summed E-state index contributed by atoms with van der Waals surface area (Å²) < 4.78 is 24.4. The molecule has 1 aliphatic heterocycles. The largest absolute Gasteiger partial charge is 0.508 e. The number of anilines is 7. The van der Waals surface area contributed by atoms with Crippen LogP contribution in [-0.2, 0) is 33.7 Å². The zero-order valence-corrected chi connectivity index (χ0v) is 57.9. The van der Waals surface area contributed by atoms with Gasteiger partial charge >= 0.3 is 0 Å². The number of ether oxygens (including phenoxy) is 5. The molecule has 9 aromatic rings. The van der Waals surface area contributed by atoms with Crippen LogP contribution in [0.15, 0.2) is 206 Å². The fourth-order valence-electron chi connectivity index (χ4n) is 6.70. The second-order valence-corrected chi connectivity index (χ2v) is 20.4. The van der Waals surface area contributed by atoms with Crippen molar-refractivity contribution in [2.75, 3.05) is 108 Å². The van der Waals surface area contributed by atoms with Crippen molar-refractivity contribution in [2.45, 2.75) is 52.6 Å². The number of nitriles is 3. The summed E-state index contributed by atoms with van der Waals surface area (Å²) in [7, 11) is 5.01. The van der Waals surface area contributed by atoms with Gasteiger partial charge in [0.25, 0.3) is 0 Å². The Morgan fingerprint density at radius 3 is 1.34 bits per heavy atom. The Labute approximate surface area is 590 Å². The number of unbranched alkanes of at least 4 members (excludes halogenated alkanes) is 1. The zero-order valence-electron chi connectivity index (χ0n) is 57.9. The van der Waals surface area contributed by atoms with E-state index >= 15 is 0 Å². The van der Waals surface area contributed by atoms with Gasteiger partial charge in [0.2, 0.25) is 6.79 Å². The minimum Gasteiger partial charge on any atom is -0.508 e. The van der Waals surface area contributed by atoms with Crippen molar-refractivity contribution < 1.29 is 39.0 Å². The van der Waals surface area contributed by atoms with Crippen molar-refractivity contribution >= 4 is 45.5 Å². The minimum atomic E-state index is 0.146. The lowest BCUT2D eigenvalue weighted by Gasteiger charge is -2.01. The smallest absolute Gasteiger partial charge is 0.231 e. The maximum absolute atomic E-state index is 8.79. The van der Waals surface area contributed by atoms with E-state index in [1.54, 1.807) is 173 Å². The summed E-state index contributed by atoms with van der Waals surface area (Å²) in [5, 5.41) is 51.3. The molecule has 0 saturated carbocycles. The first-order valence-electron chi connectivity index (χ1n) is 31.1. The maximum atomic E-state index is 8.79. The van der Waals surface area contributed by atoms with Crippen LogP contribution < -0.4 is 78.3 Å². The number of phenols is 3. The third-order valence-corrected chi connectivity index (χ3v) is 12.2. The molecule has 0 spiro atoms. The molecule has 27 N–H and O–H groups in total. The number of aromatic hydroxyl groups is 3. The van der Waals surface area contributed by atoms with Crippen LogP contribution in [0, 0.1) is 54.4 Å². The molecule has 0 aliphatic carbocycles. The van der Waals surface area contributed by atoms with E-state index in [1.807, 2.05) is 42.5 Å². The summed E-state index contributed by atoms with van der Waals surface area (Å²) in [6.07, 6.45) is 3.59. The number of aryl methyl sites for hydroxylation is 2. The highest BCUT2D eigenvalue weighted by molar-refractivity contribution is 5.54. The summed E-state index contributed by atoms with van der Waals surface area (Å²) >= 11 is 0. The Kier molecular flexibility index (Phi) is 53.9. The molecule has 0 atom stereocenters. The minimum absolute atomic E-state index is 0.146. The molecule has 1 aliphatic rings. The molecular formula is C76H102N16O8. The van der Waals surface area contributed by atoms with Gasteiger partial charge in [-0.2, -0.15) is 15.8 Å². The molecule has 0 saturated heterocycles. The van der Waals surface area contributed by atoms with Crippen LogP contribution in [0.5, 0.6) is 28.7 Å². The lowest BCUT2D eigenvalue weighted by atomic mass is 10.1. The molecule has 0 fully saturated rings. The topological polar surface area (TPSA) is 495 Å². The van der Waals surface area contributed by atoms with Gasteiger partial charge in [0.05, 0.1) is 48.6 Å². The number of phenolic OH excluding ortho intramolecular Hbond substituents is 3. The Bertz CT molecular complexity index is 3660. The van der Waals surface area contributed by atoms with Gasteiger partial charge in [-0.05, 0) is 189 Å². The first-order chi connectivity index (χ1) is 48.1. The lowest BCUT2D eigenvalue weighted by Crippen LogP contribution is -2.05. The number of hydrogen-bond donors (Lipinski definition) is 15. The van der Waals surface area contributed by atoms with E-state index < -0.39 is 0 Å². The highest BCUT2D eigenvalue weighted by atomic mass is 16.7. The SMILES string of the molecule is COCCCCN.COCCCN.COCCN.Cc1ccc(CN)cc1C.N#CCc1ccc(N)cc1.N#Cc1cccc(N)c1.N#Cc1ccccc1N.NCc1ccc2c(c1)OCO2.Nc1ccc(O)cc1.Nc1cccc(O)c1.Nc1ccccc1O.[C-]#[N+]c1ccc(N)cc1. The van der Waals surface area contributed by atoms with E-state index in [9.17, 15) is 0 Å². The van der Waals surface area contributed by atoms with Gasteiger partial charge in [-0.15, -0.1) is 0 Å². The Morgan fingerprint density at radius 1 is 0.440 bits per heavy atom. The van der Waals surface area contributed by atoms with Gasteiger partial charge in [0.15, 0.2) is 17.2 Å². The molecule has 10 rings (SSSR count). The number of hydrogen-bond acceptors (Lipinski definition) is 23. The highest BCUT2D eigenvalue weighted by Gasteiger charge is 2.12. The van der Waals surface area contributed by atoms with Crippen molar-refractivity contribution in [1.82, 2.24) is 0 Å². The molecule has 24 heteroatoms. The van der Waals surface area contributed by atoms with E-state index in [2.05, 4.69) is 47.7 Å². The molecule has 24 nitrogen and oxygen atoms in total. The molecule has 9 aromatic carbocycles. The summed E-state index contributed by atoms with van der Waals surface area (Å²) in [6.45, 7) is 16.7. The monoisotopic (exact) mass is 1370 g/mol. The number of para-hydroxylation sites is 3. The Balaban J connectivity index is 0. The van der Waals surface area contributed by atoms with Crippen molar-refractivity contribution in [2.24, 2.45) is 28.7 Å². The molecular weight excluding hydrogens is 1260 g/mol. The second-order valence-electron chi connectivity index (χ2n) is 20.4. The van der Waals surface area contributed by atoms with Crippen LogP contribution in [0.1, 0.15) is 58.2 Å². The normalized spacial score (nSPS) is 9.38. The van der Waals surface area contributed by atoms with Gasteiger partial charge in [-0.3, -0.25) is 0 Å². The van der Waals surface area contributed by atoms with E-state index in [0.29, 0.717) is 90.4 Å². The first-order valence-corrected chi connectivity index (χ1v) is 31.1. The van der Waals surface area contributed by atoms with Crippen LogP contribution in [0.3, 0.4) is 0 Å². The zero-order chi connectivity index (χ0) is 75.1. The summed E-state index contributed by atoms with van der Waals surface area (Å²) in [5.74, 6) is 2.21. The number of rotatable bonds is 12. The molecule has 1 heterocycles. The molecule has 0 radical (unpaired) electrons. The average Bonchev–Trinajstić information content (AvgIpc) is 1.80. The number of fused-ring (bicyclic) bond motifs is 1. The van der Waals surface area contributed by atoms with Gasteiger partial charge in [-0.25, -0.2) is 4.85 Å². The van der Waals surface area contributed by atoms with E-state index in [0.717, 1.165) is 73.9 Å². The van der Waals surface area contributed by atoms with Crippen LogP contribution in [0.25, 0.3) is 4.85 Å². The van der Waals surface area contributed by atoms with Gasteiger partial charge in [0.1, 0.15) is 23.3 Å². The third-order valence-electron chi connectivity index (χ3n) is 12.2. The van der Waals surface area contributed by atoms with E-state index in [4.69, 9.17) is 125 Å². The Hall–Kier alpha value is -11.8. The fourth-order valence-corrected chi connectivity index (χ4v) is 6.70. The molecule has 534 valence electrons. The molecule has 0 amide bonds. The number of nitrogens with two attached hydrogens (primary N) is 12. The molecule has 0 aromatic heterocycles. The number of methoxy groups -OCH3 is 3. The van der Waals surface area contributed by atoms with Crippen molar-refractivity contribution in [3.63, 3.8) is 0 Å². The molecule has 0 bridgehead atoms. The van der Waals surface area contributed by atoms with Crippen molar-refractivity contribution in [3.05, 3.63) is 257 Å². The van der Waals surface area contributed by atoms with Crippen molar-refractivity contribution in [3.8, 4) is 47.0 Å². The Morgan fingerprint density at radius 2 is 0.940 bits per heavy atom. The summed E-state index contributed by atoms with van der Waals surface area (Å²) in [5.41, 5.74) is 75.8. The summed E-state index contributed by atoms with van der Waals surface area (Å²) in [4.78, 5) is 3.21. The lowest BCUT2D eigenvalue weighted by molar-refractivity contribution is 0.174. The number of benzene rings is 9.